The molecule has 0 unspecified atom stereocenters. The molecule has 2 aromatic heterocycles. The average Bonchev–Trinajstić information content (AvgIpc) is 3.86. The van der Waals surface area contributed by atoms with Gasteiger partial charge in [-0.15, -0.1) is 0 Å². The van der Waals surface area contributed by atoms with Crippen LogP contribution in [-0.4, -0.2) is 81.4 Å². The zero-order valence-electron chi connectivity index (χ0n) is 26.5. The van der Waals surface area contributed by atoms with Gasteiger partial charge in [0.25, 0.3) is 0 Å². The number of nitrogens with zero attached hydrogens (tertiary/aromatic N) is 4. The number of imidazole rings is 1. The second-order valence-electron chi connectivity index (χ2n) is 13.7. The van der Waals surface area contributed by atoms with Crippen molar-refractivity contribution in [2.24, 2.45) is 17.8 Å². The number of piperidine rings is 1. The summed E-state index contributed by atoms with van der Waals surface area (Å²) in [5, 5.41) is 4.78. The van der Waals surface area contributed by atoms with Crippen LogP contribution in [0.4, 0.5) is 0 Å². The Morgan fingerprint density at radius 1 is 1.15 bits per heavy atom. The second-order valence-corrected chi connectivity index (χ2v) is 14.1. The predicted molar refractivity (Wildman–Crippen MR) is 175 cm³/mol. The molecule has 3 aromatic rings. The molecule has 7 rings (SSSR count). The van der Waals surface area contributed by atoms with E-state index in [4.69, 9.17) is 16.3 Å². The fraction of sp³-hybridized carbons (Fsp3) is 0.600. The molecule has 46 heavy (non-hydrogen) atoms. The number of benzene rings is 1. The molecule has 4 aliphatic rings. The van der Waals surface area contributed by atoms with Crippen LogP contribution in [0.3, 0.4) is 0 Å². The average molecular weight is 649 g/mol. The number of hydrogen-bond donors (Lipinski definition) is 2. The van der Waals surface area contributed by atoms with Gasteiger partial charge in [0.1, 0.15) is 0 Å². The number of aryl methyl sites for hydroxylation is 1. The maximum absolute atomic E-state index is 14.7. The monoisotopic (exact) mass is 648 g/mol. The van der Waals surface area contributed by atoms with Crippen LogP contribution in [0.1, 0.15) is 69.0 Å². The lowest BCUT2D eigenvalue weighted by molar-refractivity contribution is -0.169. The maximum atomic E-state index is 14.7. The van der Waals surface area contributed by atoms with Gasteiger partial charge >= 0.3 is 0 Å². The number of rotatable bonds is 10. The summed E-state index contributed by atoms with van der Waals surface area (Å²) in [5.41, 5.74) is 2.35. The van der Waals surface area contributed by atoms with Crippen LogP contribution in [0.5, 0.6) is 0 Å². The molecule has 3 amide bonds. The van der Waals surface area contributed by atoms with Crippen molar-refractivity contribution in [2.45, 2.75) is 76.3 Å². The van der Waals surface area contributed by atoms with E-state index in [1.807, 2.05) is 38.8 Å². The third-order valence-corrected chi connectivity index (χ3v) is 11.3. The van der Waals surface area contributed by atoms with E-state index in [0.29, 0.717) is 63.2 Å². The lowest BCUT2D eigenvalue weighted by atomic mass is 9.64. The number of H-pyrrole nitrogens is 1. The zero-order chi connectivity index (χ0) is 31.7. The molecule has 1 aliphatic carbocycles. The van der Waals surface area contributed by atoms with Crippen LogP contribution in [0, 0.1) is 17.8 Å². The minimum Gasteiger partial charge on any atom is -0.378 e. The molecule has 0 spiro atoms. The molecule has 3 atom stereocenters. The Balaban J connectivity index is 1.22. The molecule has 10 nitrogen and oxygen atoms in total. The van der Waals surface area contributed by atoms with E-state index in [9.17, 15) is 14.4 Å². The molecule has 2 saturated heterocycles. The van der Waals surface area contributed by atoms with Crippen LogP contribution < -0.4 is 5.32 Å². The molecule has 3 aliphatic heterocycles. The van der Waals surface area contributed by atoms with Crippen LogP contribution in [0.25, 0.3) is 10.9 Å². The molecule has 2 N–H and O–H groups in total. The second kappa shape index (κ2) is 13.4. The van der Waals surface area contributed by atoms with E-state index in [1.165, 1.54) is 31.2 Å². The van der Waals surface area contributed by atoms with E-state index in [2.05, 4.69) is 15.3 Å². The number of hydrogen-bond acceptors (Lipinski definition) is 5. The lowest BCUT2D eigenvalue weighted by Crippen LogP contribution is -2.66. The molecule has 0 bridgehead atoms. The molecule has 1 aromatic carbocycles. The van der Waals surface area contributed by atoms with E-state index < -0.39 is 17.4 Å². The van der Waals surface area contributed by atoms with Crippen LogP contribution >= 0.6 is 11.6 Å². The maximum Gasteiger partial charge on any atom is 0.228 e. The molecular weight excluding hydrogens is 604 g/mol. The van der Waals surface area contributed by atoms with Gasteiger partial charge in [-0.2, -0.15) is 0 Å². The third kappa shape index (κ3) is 5.94. The number of carbonyl (C=O) groups is 3. The van der Waals surface area contributed by atoms with Gasteiger partial charge in [0.15, 0.2) is 0 Å². The van der Waals surface area contributed by atoms with Crippen molar-refractivity contribution < 1.29 is 19.1 Å². The van der Waals surface area contributed by atoms with Gasteiger partial charge in [-0.1, -0.05) is 37.3 Å². The number of amides is 3. The van der Waals surface area contributed by atoms with Crippen LogP contribution in [-0.2, 0) is 37.6 Å². The lowest BCUT2D eigenvalue weighted by Gasteiger charge is -2.56. The van der Waals surface area contributed by atoms with Crippen molar-refractivity contribution in [2.75, 3.05) is 39.4 Å². The number of carbonyl (C=O) groups excluding carboxylic acids is 3. The van der Waals surface area contributed by atoms with Crippen LogP contribution in [0.15, 0.2) is 36.9 Å². The highest BCUT2D eigenvalue weighted by atomic mass is 35.5. The van der Waals surface area contributed by atoms with Crippen molar-refractivity contribution >= 4 is 40.2 Å². The first-order valence-electron chi connectivity index (χ1n) is 17.1. The SMILES string of the molecule is O=C(C[C@H]1C[C@H](C(=O)N2CCOCC2)[C@@]2(CCC3CCCC3)c3[nH]c4ccc(Cl)cc4c3CCN2C1=O)NCCCn1ccnc1. The summed E-state index contributed by atoms with van der Waals surface area (Å²) < 4.78 is 7.60. The Morgan fingerprint density at radius 3 is 2.76 bits per heavy atom. The van der Waals surface area contributed by atoms with Crippen molar-refractivity contribution in [3.8, 4) is 0 Å². The first-order valence-corrected chi connectivity index (χ1v) is 17.5. The van der Waals surface area contributed by atoms with E-state index in [1.54, 1.807) is 12.5 Å². The quantitative estimate of drug-likeness (QED) is 0.311. The summed E-state index contributed by atoms with van der Waals surface area (Å²) >= 11 is 6.49. The van der Waals surface area contributed by atoms with Crippen molar-refractivity contribution in [1.29, 1.82) is 0 Å². The van der Waals surface area contributed by atoms with Gasteiger partial charge in [0.05, 0.1) is 31.0 Å². The van der Waals surface area contributed by atoms with Gasteiger partial charge in [0, 0.05) is 79.1 Å². The minimum atomic E-state index is -0.800. The number of aromatic nitrogens is 3. The number of ether oxygens (including phenoxy) is 1. The summed E-state index contributed by atoms with van der Waals surface area (Å²) in [4.78, 5) is 54.3. The molecule has 5 heterocycles. The highest BCUT2D eigenvalue weighted by molar-refractivity contribution is 6.31. The molecule has 11 heteroatoms. The smallest absolute Gasteiger partial charge is 0.228 e. The van der Waals surface area contributed by atoms with Gasteiger partial charge in [-0.25, -0.2) is 4.98 Å². The summed E-state index contributed by atoms with van der Waals surface area (Å²) in [5.74, 6) is -0.496. The number of halogens is 1. The van der Waals surface area contributed by atoms with Crippen molar-refractivity contribution in [1.82, 2.24) is 29.7 Å². The number of morpholine rings is 1. The predicted octanol–water partition coefficient (Wildman–Crippen LogP) is 4.66. The summed E-state index contributed by atoms with van der Waals surface area (Å²) in [6.07, 6.45) is 13.9. The van der Waals surface area contributed by atoms with Crippen molar-refractivity contribution in [3.05, 3.63) is 53.2 Å². The van der Waals surface area contributed by atoms with Crippen molar-refractivity contribution in [3.63, 3.8) is 0 Å². The topological polar surface area (TPSA) is 113 Å². The zero-order valence-corrected chi connectivity index (χ0v) is 27.3. The molecule has 0 radical (unpaired) electrons. The molecule has 1 saturated carbocycles. The van der Waals surface area contributed by atoms with Gasteiger partial charge in [-0.3, -0.25) is 14.4 Å². The van der Waals surface area contributed by atoms with Crippen LogP contribution in [0.2, 0.25) is 5.02 Å². The Hall–Kier alpha value is -3.37. The molecular formula is C35H45ClN6O4. The highest BCUT2D eigenvalue weighted by Gasteiger charge is 2.59. The first-order chi connectivity index (χ1) is 22.4. The van der Waals surface area contributed by atoms with E-state index in [-0.39, 0.29) is 24.1 Å². The fourth-order valence-electron chi connectivity index (χ4n) is 8.72. The summed E-state index contributed by atoms with van der Waals surface area (Å²) in [7, 11) is 0. The standard InChI is InChI=1S/C35H45ClN6O4/c36-26-6-7-30-28(22-26)27-9-14-42-33(44)25(21-31(43)38-11-3-13-40-15-12-37-23-40)20-29(34(45)41-16-18-46-19-17-41)35(42,32(27)39-30)10-8-24-4-1-2-5-24/h6-7,12,15,22-25,29,39H,1-5,8-11,13-14,16-21H2,(H,38,43)/t25-,29-,35+/m1/s1. The molecule has 246 valence electrons. The minimum absolute atomic E-state index is 0.00615. The normalized spacial score (nSPS) is 25.1. The Kier molecular flexibility index (Phi) is 9.10. The molecule has 3 fully saturated rings. The fourth-order valence-corrected chi connectivity index (χ4v) is 8.89. The number of aromatic amines is 1. The van der Waals surface area contributed by atoms with Gasteiger partial charge in [-0.05, 0) is 61.8 Å². The first kappa shape index (κ1) is 31.2. The Labute approximate surface area is 275 Å². The summed E-state index contributed by atoms with van der Waals surface area (Å²) in [6, 6.07) is 5.91. The Bertz CT molecular complexity index is 1560. The van der Waals surface area contributed by atoms with E-state index in [0.717, 1.165) is 42.4 Å². The van der Waals surface area contributed by atoms with E-state index >= 15 is 0 Å². The highest BCUT2D eigenvalue weighted by Crippen LogP contribution is 2.54. The third-order valence-electron chi connectivity index (χ3n) is 11.0. The largest absolute Gasteiger partial charge is 0.378 e. The van der Waals surface area contributed by atoms with Gasteiger partial charge in [0.2, 0.25) is 17.7 Å². The Morgan fingerprint density at radius 2 is 1.98 bits per heavy atom. The summed E-state index contributed by atoms with van der Waals surface area (Å²) in [6.45, 7) is 3.90. The number of fused-ring (bicyclic) bond motifs is 5. The van der Waals surface area contributed by atoms with Gasteiger partial charge < -0.3 is 29.4 Å². The number of nitrogens with one attached hydrogen (secondary N) is 2.